The Kier molecular flexibility index (Phi) is 6.70. The second-order valence-corrected chi connectivity index (χ2v) is 11.7. The Morgan fingerprint density at radius 1 is 0.946 bits per heavy atom. The van der Waals surface area contributed by atoms with E-state index in [-0.39, 0.29) is 11.3 Å². The standard InChI is InChI=1S/C31H39N3O3/c1-37-27-11-7-23(8-12-27)19-33-18-15-31(30(33)36)13-16-32(17-14-31)20-26-21-34(29(35)25-9-10-25)22-28(26)24-5-3-2-4-6-24/h2-8,11-12,25-26,28H,9-10,13-22H2,1H3. The number of methoxy groups -OCH3 is 1. The van der Waals surface area contributed by atoms with Gasteiger partial charge in [-0.25, -0.2) is 0 Å². The summed E-state index contributed by atoms with van der Waals surface area (Å²) in [4.78, 5) is 33.2. The van der Waals surface area contributed by atoms with Crippen molar-refractivity contribution in [3.8, 4) is 5.75 Å². The van der Waals surface area contributed by atoms with E-state index in [2.05, 4.69) is 57.2 Å². The molecule has 2 aromatic carbocycles. The lowest BCUT2D eigenvalue weighted by Gasteiger charge is -2.39. The van der Waals surface area contributed by atoms with Gasteiger partial charge in [-0.1, -0.05) is 42.5 Å². The van der Waals surface area contributed by atoms with Crippen molar-refractivity contribution in [2.75, 3.05) is 46.4 Å². The normalized spacial score (nSPS) is 25.7. The van der Waals surface area contributed by atoms with Crippen molar-refractivity contribution in [1.29, 1.82) is 0 Å². The minimum Gasteiger partial charge on any atom is -0.497 e. The highest BCUT2D eigenvalue weighted by Gasteiger charge is 2.49. The molecule has 37 heavy (non-hydrogen) atoms. The van der Waals surface area contributed by atoms with Crippen molar-refractivity contribution in [3.63, 3.8) is 0 Å². The second kappa shape index (κ2) is 10.1. The highest BCUT2D eigenvalue weighted by atomic mass is 16.5. The maximum atomic E-state index is 13.5. The van der Waals surface area contributed by atoms with Crippen molar-refractivity contribution >= 4 is 11.8 Å². The summed E-state index contributed by atoms with van der Waals surface area (Å²) in [7, 11) is 1.67. The molecule has 0 N–H and O–H groups in total. The molecule has 3 aliphatic heterocycles. The number of rotatable bonds is 7. The van der Waals surface area contributed by atoms with E-state index in [1.165, 1.54) is 5.56 Å². The van der Waals surface area contributed by atoms with E-state index in [9.17, 15) is 9.59 Å². The van der Waals surface area contributed by atoms with Crippen molar-refractivity contribution in [3.05, 3.63) is 65.7 Å². The molecule has 2 amide bonds. The zero-order valence-electron chi connectivity index (χ0n) is 22.0. The fraction of sp³-hybridized carbons (Fsp3) is 0.548. The van der Waals surface area contributed by atoms with Gasteiger partial charge in [0.15, 0.2) is 0 Å². The van der Waals surface area contributed by atoms with Gasteiger partial charge in [-0.2, -0.15) is 0 Å². The van der Waals surface area contributed by atoms with Gasteiger partial charge in [0.05, 0.1) is 12.5 Å². The lowest BCUT2D eigenvalue weighted by molar-refractivity contribution is -0.139. The van der Waals surface area contributed by atoms with Crippen LogP contribution in [-0.4, -0.2) is 72.9 Å². The molecule has 4 aliphatic rings. The van der Waals surface area contributed by atoms with Gasteiger partial charge < -0.3 is 19.4 Å². The number of benzene rings is 2. The highest BCUT2D eigenvalue weighted by molar-refractivity contribution is 5.85. The summed E-state index contributed by atoms with van der Waals surface area (Å²) in [5, 5.41) is 0. The van der Waals surface area contributed by atoms with Crippen molar-refractivity contribution in [2.24, 2.45) is 17.3 Å². The van der Waals surface area contributed by atoms with Crippen molar-refractivity contribution in [1.82, 2.24) is 14.7 Å². The molecule has 3 saturated heterocycles. The van der Waals surface area contributed by atoms with Crippen LogP contribution in [0, 0.1) is 17.3 Å². The van der Waals surface area contributed by atoms with Crippen LogP contribution in [0.15, 0.2) is 54.6 Å². The first-order chi connectivity index (χ1) is 18.0. The number of amides is 2. The van der Waals surface area contributed by atoms with Crippen LogP contribution in [0.5, 0.6) is 5.75 Å². The number of piperidine rings is 1. The predicted octanol–water partition coefficient (Wildman–Crippen LogP) is 4.16. The van der Waals surface area contributed by atoms with Crippen LogP contribution < -0.4 is 4.74 Å². The van der Waals surface area contributed by atoms with Crippen LogP contribution in [0.25, 0.3) is 0 Å². The molecule has 0 aromatic heterocycles. The average Bonchev–Trinajstić information content (AvgIpc) is 3.65. The third-order valence-electron chi connectivity index (χ3n) is 9.35. The van der Waals surface area contributed by atoms with E-state index in [4.69, 9.17) is 4.74 Å². The molecule has 1 saturated carbocycles. The highest BCUT2D eigenvalue weighted by Crippen LogP contribution is 2.43. The largest absolute Gasteiger partial charge is 0.497 e. The molecule has 0 bridgehead atoms. The number of carbonyl (C=O) groups excluding carboxylic acids is 2. The molecule has 1 aliphatic carbocycles. The molecule has 0 radical (unpaired) electrons. The Balaban J connectivity index is 1.07. The Hall–Kier alpha value is -2.86. The summed E-state index contributed by atoms with van der Waals surface area (Å²) in [6, 6.07) is 18.8. The number of ether oxygens (including phenoxy) is 1. The molecule has 2 unspecified atom stereocenters. The molecule has 6 rings (SSSR count). The van der Waals surface area contributed by atoms with Crippen LogP contribution in [0.4, 0.5) is 0 Å². The minimum atomic E-state index is -0.189. The first-order valence-electron chi connectivity index (χ1n) is 14.0. The number of carbonyl (C=O) groups is 2. The van der Waals surface area contributed by atoms with Gasteiger partial charge in [0.2, 0.25) is 11.8 Å². The maximum Gasteiger partial charge on any atom is 0.229 e. The minimum absolute atomic E-state index is 0.189. The average molecular weight is 502 g/mol. The summed E-state index contributed by atoms with van der Waals surface area (Å²) >= 11 is 0. The predicted molar refractivity (Wildman–Crippen MR) is 143 cm³/mol. The first-order valence-corrected chi connectivity index (χ1v) is 14.0. The second-order valence-electron chi connectivity index (χ2n) is 11.7. The topological polar surface area (TPSA) is 53.1 Å². The number of hydrogen-bond acceptors (Lipinski definition) is 4. The summed E-state index contributed by atoms with van der Waals surface area (Å²) in [5.41, 5.74) is 2.32. The quantitative estimate of drug-likeness (QED) is 0.572. The fourth-order valence-corrected chi connectivity index (χ4v) is 6.86. The Labute approximate surface area is 220 Å². The van der Waals surface area contributed by atoms with Gasteiger partial charge in [-0.15, -0.1) is 0 Å². The fourth-order valence-electron chi connectivity index (χ4n) is 6.86. The third kappa shape index (κ3) is 5.00. The van der Waals surface area contributed by atoms with E-state index in [0.29, 0.717) is 30.2 Å². The van der Waals surface area contributed by atoms with Crippen molar-refractivity contribution in [2.45, 2.75) is 44.6 Å². The summed E-state index contributed by atoms with van der Waals surface area (Å²) in [6.07, 6.45) is 4.98. The molecular weight excluding hydrogens is 462 g/mol. The Morgan fingerprint density at radius 2 is 1.65 bits per heavy atom. The third-order valence-corrected chi connectivity index (χ3v) is 9.35. The summed E-state index contributed by atoms with van der Waals surface area (Å²) < 4.78 is 5.27. The van der Waals surface area contributed by atoms with Crippen LogP contribution in [0.2, 0.25) is 0 Å². The lowest BCUT2D eigenvalue weighted by atomic mass is 9.76. The van der Waals surface area contributed by atoms with E-state index in [0.717, 1.165) is 82.7 Å². The smallest absolute Gasteiger partial charge is 0.229 e. The Bertz CT molecular complexity index is 1110. The number of likely N-dealkylation sites (tertiary alicyclic amines) is 3. The SMILES string of the molecule is COc1ccc(CN2CCC3(CCN(CC4CN(C(=O)C5CC5)CC4c4ccccc4)CC3)C2=O)cc1. The molecule has 4 fully saturated rings. The number of nitrogens with zero attached hydrogens (tertiary/aromatic N) is 3. The summed E-state index contributed by atoms with van der Waals surface area (Å²) in [6.45, 7) is 6.19. The van der Waals surface area contributed by atoms with E-state index in [1.807, 2.05) is 12.1 Å². The molecule has 6 heteroatoms. The van der Waals surface area contributed by atoms with Gasteiger partial charge in [0.25, 0.3) is 0 Å². The van der Waals surface area contributed by atoms with Gasteiger partial charge in [0, 0.05) is 44.6 Å². The maximum absolute atomic E-state index is 13.5. The Morgan fingerprint density at radius 3 is 2.32 bits per heavy atom. The molecular formula is C31H39N3O3. The molecule has 2 aromatic rings. The van der Waals surface area contributed by atoms with Gasteiger partial charge in [-0.3, -0.25) is 9.59 Å². The molecule has 3 heterocycles. The van der Waals surface area contributed by atoms with Gasteiger partial charge in [0.1, 0.15) is 5.75 Å². The van der Waals surface area contributed by atoms with Crippen LogP contribution in [0.3, 0.4) is 0 Å². The van der Waals surface area contributed by atoms with Crippen LogP contribution >= 0.6 is 0 Å². The monoisotopic (exact) mass is 501 g/mol. The summed E-state index contributed by atoms with van der Waals surface area (Å²) in [5.74, 6) is 2.68. The van der Waals surface area contributed by atoms with Gasteiger partial charge in [-0.05, 0) is 74.4 Å². The number of hydrogen-bond donors (Lipinski definition) is 0. The van der Waals surface area contributed by atoms with Crippen molar-refractivity contribution < 1.29 is 14.3 Å². The van der Waals surface area contributed by atoms with E-state index >= 15 is 0 Å². The first kappa shape index (κ1) is 24.5. The zero-order chi connectivity index (χ0) is 25.4. The molecule has 196 valence electrons. The van der Waals surface area contributed by atoms with Crippen LogP contribution in [0.1, 0.15) is 49.1 Å². The van der Waals surface area contributed by atoms with Gasteiger partial charge >= 0.3 is 0 Å². The molecule has 1 spiro atoms. The van der Waals surface area contributed by atoms with E-state index in [1.54, 1.807) is 7.11 Å². The van der Waals surface area contributed by atoms with Crippen LogP contribution in [-0.2, 0) is 16.1 Å². The lowest BCUT2D eigenvalue weighted by Crippen LogP contribution is -2.46. The zero-order valence-corrected chi connectivity index (χ0v) is 22.0. The van der Waals surface area contributed by atoms with E-state index < -0.39 is 0 Å². The molecule has 2 atom stereocenters. The molecule has 6 nitrogen and oxygen atoms in total.